The zero-order chi connectivity index (χ0) is 25.4. The maximum absolute atomic E-state index is 14.1. The molecule has 2 amide bonds. The van der Waals surface area contributed by atoms with Crippen LogP contribution < -0.4 is 5.32 Å². The number of carbonyl (C=O) groups excluding carboxylic acids is 3. The summed E-state index contributed by atoms with van der Waals surface area (Å²) >= 11 is 3.63. The fourth-order valence-corrected chi connectivity index (χ4v) is 7.06. The van der Waals surface area contributed by atoms with Crippen molar-refractivity contribution in [3.8, 4) is 0 Å². The predicted octanol–water partition coefficient (Wildman–Crippen LogP) is 2.35. The van der Waals surface area contributed by atoms with Crippen molar-refractivity contribution >= 4 is 33.7 Å². The van der Waals surface area contributed by atoms with E-state index in [1.165, 1.54) is 4.90 Å². The van der Waals surface area contributed by atoms with Crippen LogP contribution in [0, 0.1) is 11.8 Å². The number of alkyl halides is 1. The second-order valence-electron chi connectivity index (χ2n) is 9.47. The van der Waals surface area contributed by atoms with E-state index in [9.17, 15) is 19.5 Å². The average Bonchev–Trinajstić information content (AvgIpc) is 3.48. The second kappa shape index (κ2) is 9.95. The summed E-state index contributed by atoms with van der Waals surface area (Å²) in [4.78, 5) is 42.2. The first-order chi connectivity index (χ1) is 17.4. The Labute approximate surface area is 218 Å². The molecule has 2 bridgehead atoms. The number of rotatable bonds is 8. The lowest BCUT2D eigenvalue weighted by molar-refractivity contribution is -0.155. The fourth-order valence-electron chi connectivity index (χ4n) is 6.12. The number of aliphatic hydroxyl groups is 1. The SMILES string of the molecule is CCOC(=O)[C@@H]1[C@H]2O[C@@]3(CC2Br)[C@H](C(=O)NCc2ccccc2)N([C@H](CO)c2ccccc2)C(=O)[C@@H]13. The first-order valence-electron chi connectivity index (χ1n) is 12.2. The van der Waals surface area contributed by atoms with E-state index in [-0.39, 0.29) is 36.4 Å². The Hall–Kier alpha value is -2.75. The number of nitrogens with one attached hydrogen (secondary N) is 1. The average molecular weight is 557 g/mol. The third-order valence-electron chi connectivity index (χ3n) is 7.54. The Morgan fingerprint density at radius 3 is 2.50 bits per heavy atom. The minimum atomic E-state index is -1.21. The Kier molecular flexibility index (Phi) is 6.89. The van der Waals surface area contributed by atoms with Gasteiger partial charge in [0, 0.05) is 11.4 Å². The lowest BCUT2D eigenvalue weighted by Crippen LogP contribution is -2.56. The van der Waals surface area contributed by atoms with Crippen LogP contribution in [0.5, 0.6) is 0 Å². The third kappa shape index (κ3) is 3.93. The smallest absolute Gasteiger partial charge is 0.312 e. The summed E-state index contributed by atoms with van der Waals surface area (Å²) in [6, 6.07) is 16.8. The molecule has 36 heavy (non-hydrogen) atoms. The summed E-state index contributed by atoms with van der Waals surface area (Å²) in [5, 5.41) is 13.4. The van der Waals surface area contributed by atoms with E-state index in [0.29, 0.717) is 12.0 Å². The monoisotopic (exact) mass is 556 g/mol. The highest BCUT2D eigenvalue weighted by atomic mass is 79.9. The molecule has 3 heterocycles. The molecule has 0 radical (unpaired) electrons. The molecule has 5 rings (SSSR count). The van der Waals surface area contributed by atoms with Crippen molar-refractivity contribution in [2.45, 2.75) is 48.5 Å². The van der Waals surface area contributed by atoms with E-state index in [4.69, 9.17) is 9.47 Å². The van der Waals surface area contributed by atoms with E-state index < -0.39 is 41.6 Å². The van der Waals surface area contributed by atoms with Crippen LogP contribution in [0.3, 0.4) is 0 Å². The third-order valence-corrected chi connectivity index (χ3v) is 8.38. The number of amides is 2. The fraction of sp³-hybridized carbons (Fsp3) is 0.444. The molecular weight excluding hydrogens is 528 g/mol. The molecule has 3 fully saturated rings. The van der Waals surface area contributed by atoms with E-state index in [2.05, 4.69) is 21.2 Å². The zero-order valence-electron chi connectivity index (χ0n) is 19.9. The quantitative estimate of drug-likeness (QED) is 0.382. The molecule has 2 aromatic rings. The highest BCUT2D eigenvalue weighted by Crippen LogP contribution is 2.61. The maximum atomic E-state index is 14.1. The normalized spacial score (nSPS) is 31.2. The van der Waals surface area contributed by atoms with Crippen molar-refractivity contribution in [1.29, 1.82) is 0 Å². The van der Waals surface area contributed by atoms with Gasteiger partial charge in [0.1, 0.15) is 11.6 Å². The Balaban J connectivity index is 1.56. The van der Waals surface area contributed by atoms with Gasteiger partial charge in [-0.15, -0.1) is 0 Å². The number of benzene rings is 2. The molecule has 0 saturated carbocycles. The number of ether oxygens (including phenoxy) is 2. The standard InChI is InChI=1S/C27H29BrN2O6/c1-2-35-26(34)20-21-25(33)30(19(15-31)17-11-7-4-8-12-17)23(27(21)13-18(28)22(20)36-27)24(32)29-14-16-9-5-3-6-10-16/h3-12,18-23,31H,2,13-15H2,1H3,(H,29,32)/t18?,19-,20+,21-,22+,23+,27-/m1/s1. The van der Waals surface area contributed by atoms with Crippen molar-refractivity contribution in [1.82, 2.24) is 10.2 Å². The lowest BCUT2D eigenvalue weighted by atomic mass is 9.70. The van der Waals surface area contributed by atoms with Crippen LogP contribution in [-0.4, -0.2) is 63.6 Å². The molecule has 9 heteroatoms. The van der Waals surface area contributed by atoms with Crippen molar-refractivity contribution in [3.05, 3.63) is 71.8 Å². The van der Waals surface area contributed by atoms with Crippen LogP contribution in [0.1, 0.15) is 30.5 Å². The summed E-state index contributed by atoms with van der Waals surface area (Å²) < 4.78 is 11.8. The summed E-state index contributed by atoms with van der Waals surface area (Å²) in [5.41, 5.74) is 0.399. The highest BCUT2D eigenvalue weighted by Gasteiger charge is 2.77. The number of esters is 1. The lowest BCUT2D eigenvalue weighted by Gasteiger charge is -2.37. The van der Waals surface area contributed by atoms with Crippen LogP contribution >= 0.6 is 15.9 Å². The number of fused-ring (bicyclic) bond motifs is 1. The summed E-state index contributed by atoms with van der Waals surface area (Å²) in [5.74, 6) is -2.97. The molecule has 190 valence electrons. The van der Waals surface area contributed by atoms with Crippen LogP contribution in [-0.2, 0) is 30.4 Å². The Bertz CT molecular complexity index is 1130. The van der Waals surface area contributed by atoms with Crippen molar-refractivity contribution in [2.75, 3.05) is 13.2 Å². The number of hydrogen-bond acceptors (Lipinski definition) is 6. The van der Waals surface area contributed by atoms with Crippen LogP contribution in [0.15, 0.2) is 60.7 Å². The van der Waals surface area contributed by atoms with Crippen LogP contribution in [0.25, 0.3) is 0 Å². The molecule has 2 N–H and O–H groups in total. The minimum Gasteiger partial charge on any atom is -0.466 e. The van der Waals surface area contributed by atoms with Gasteiger partial charge in [-0.05, 0) is 24.5 Å². The van der Waals surface area contributed by atoms with Gasteiger partial charge in [-0.1, -0.05) is 76.6 Å². The number of nitrogens with zero attached hydrogens (tertiary/aromatic N) is 1. The molecule has 1 unspecified atom stereocenters. The van der Waals surface area contributed by atoms with Gasteiger partial charge in [0.25, 0.3) is 0 Å². The van der Waals surface area contributed by atoms with E-state index in [0.717, 1.165) is 5.56 Å². The Morgan fingerprint density at radius 2 is 1.86 bits per heavy atom. The molecule has 3 aliphatic heterocycles. The first kappa shape index (κ1) is 24.9. The topological polar surface area (TPSA) is 105 Å². The number of halogens is 1. The largest absolute Gasteiger partial charge is 0.466 e. The number of aliphatic hydroxyl groups excluding tert-OH is 1. The summed E-state index contributed by atoms with van der Waals surface area (Å²) in [6.45, 7) is 1.78. The summed E-state index contributed by atoms with van der Waals surface area (Å²) in [6.07, 6.45) is -0.189. The first-order valence-corrected chi connectivity index (χ1v) is 13.1. The van der Waals surface area contributed by atoms with E-state index in [1.54, 1.807) is 6.92 Å². The second-order valence-corrected chi connectivity index (χ2v) is 10.6. The van der Waals surface area contributed by atoms with Gasteiger partial charge >= 0.3 is 5.97 Å². The summed E-state index contributed by atoms with van der Waals surface area (Å²) in [7, 11) is 0. The van der Waals surface area contributed by atoms with Gasteiger partial charge < -0.3 is 24.8 Å². The van der Waals surface area contributed by atoms with E-state index in [1.807, 2.05) is 60.7 Å². The number of likely N-dealkylation sites (tertiary alicyclic amines) is 1. The minimum absolute atomic E-state index is 0.177. The molecule has 3 saturated heterocycles. The molecule has 2 aromatic carbocycles. The van der Waals surface area contributed by atoms with Crippen molar-refractivity contribution in [3.63, 3.8) is 0 Å². The van der Waals surface area contributed by atoms with Gasteiger partial charge in [0.05, 0.1) is 37.2 Å². The molecule has 8 nitrogen and oxygen atoms in total. The number of hydrogen-bond donors (Lipinski definition) is 2. The molecule has 1 spiro atoms. The van der Waals surface area contributed by atoms with Crippen LogP contribution in [0.2, 0.25) is 0 Å². The van der Waals surface area contributed by atoms with Gasteiger partial charge in [-0.25, -0.2) is 0 Å². The highest BCUT2D eigenvalue weighted by molar-refractivity contribution is 9.09. The predicted molar refractivity (Wildman–Crippen MR) is 134 cm³/mol. The van der Waals surface area contributed by atoms with Gasteiger partial charge in [0.15, 0.2) is 0 Å². The molecule has 0 aromatic heterocycles. The Morgan fingerprint density at radius 1 is 1.19 bits per heavy atom. The molecule has 3 aliphatic rings. The van der Waals surface area contributed by atoms with E-state index >= 15 is 0 Å². The molecule has 7 atom stereocenters. The number of carbonyl (C=O) groups is 3. The van der Waals surface area contributed by atoms with Gasteiger partial charge in [-0.3, -0.25) is 14.4 Å². The van der Waals surface area contributed by atoms with Crippen molar-refractivity contribution < 1.29 is 29.0 Å². The van der Waals surface area contributed by atoms with Gasteiger partial charge in [0.2, 0.25) is 11.8 Å². The molecular formula is C27H29BrN2O6. The maximum Gasteiger partial charge on any atom is 0.312 e. The van der Waals surface area contributed by atoms with Crippen LogP contribution in [0.4, 0.5) is 0 Å². The van der Waals surface area contributed by atoms with Crippen molar-refractivity contribution in [2.24, 2.45) is 11.8 Å². The zero-order valence-corrected chi connectivity index (χ0v) is 21.5. The van der Waals surface area contributed by atoms with Gasteiger partial charge in [-0.2, -0.15) is 0 Å². The molecule has 0 aliphatic carbocycles.